The van der Waals surface area contributed by atoms with Crippen LogP contribution in [0.2, 0.25) is 5.02 Å². The van der Waals surface area contributed by atoms with Crippen LogP contribution in [0.4, 0.5) is 0 Å². The molecule has 1 rings (SSSR count). The molecule has 0 saturated carbocycles. The predicted octanol–water partition coefficient (Wildman–Crippen LogP) is 2.23. The molecule has 3 heteroatoms. The highest BCUT2D eigenvalue weighted by atomic mass is 35.5. The molecule has 0 aromatic heterocycles. The summed E-state index contributed by atoms with van der Waals surface area (Å²) in [7, 11) is 0. The van der Waals surface area contributed by atoms with Gasteiger partial charge in [-0.15, -0.1) is 0 Å². The standard InChI is InChI=1S/C10H12ClNO/c11-9-3-5-10(6-4-9)13-8-2-1-7-12/h1-6H,7-8,12H2/b2-1+. The van der Waals surface area contributed by atoms with Gasteiger partial charge in [-0.1, -0.05) is 23.8 Å². The van der Waals surface area contributed by atoms with Crippen LogP contribution in [0, 0.1) is 0 Å². The summed E-state index contributed by atoms with van der Waals surface area (Å²) in [4.78, 5) is 0. The van der Waals surface area contributed by atoms with E-state index < -0.39 is 0 Å². The van der Waals surface area contributed by atoms with Crippen molar-refractivity contribution in [2.45, 2.75) is 0 Å². The normalized spacial score (nSPS) is 10.6. The van der Waals surface area contributed by atoms with Crippen molar-refractivity contribution in [1.82, 2.24) is 0 Å². The molecule has 2 nitrogen and oxygen atoms in total. The fourth-order valence-corrected chi connectivity index (χ4v) is 0.965. The quantitative estimate of drug-likeness (QED) is 0.752. The second-order valence-electron chi connectivity index (χ2n) is 2.47. The molecule has 0 atom stereocenters. The molecule has 0 spiro atoms. The Hall–Kier alpha value is -0.990. The van der Waals surface area contributed by atoms with Crippen LogP contribution in [0.25, 0.3) is 0 Å². The fourth-order valence-electron chi connectivity index (χ4n) is 0.839. The van der Waals surface area contributed by atoms with Crippen LogP contribution in [-0.4, -0.2) is 13.2 Å². The summed E-state index contributed by atoms with van der Waals surface area (Å²) in [6.45, 7) is 1.09. The zero-order valence-corrected chi connectivity index (χ0v) is 8.00. The van der Waals surface area contributed by atoms with E-state index in [0.717, 1.165) is 5.75 Å². The van der Waals surface area contributed by atoms with Crippen molar-refractivity contribution >= 4 is 11.6 Å². The smallest absolute Gasteiger partial charge is 0.119 e. The van der Waals surface area contributed by atoms with E-state index in [2.05, 4.69) is 0 Å². The van der Waals surface area contributed by atoms with E-state index in [1.807, 2.05) is 24.3 Å². The molecule has 1 aromatic rings. The van der Waals surface area contributed by atoms with Gasteiger partial charge in [-0.2, -0.15) is 0 Å². The van der Waals surface area contributed by atoms with Gasteiger partial charge in [0.1, 0.15) is 12.4 Å². The molecule has 70 valence electrons. The lowest BCUT2D eigenvalue weighted by Crippen LogP contribution is -1.96. The van der Waals surface area contributed by atoms with Gasteiger partial charge in [0.05, 0.1) is 0 Å². The minimum absolute atomic E-state index is 0.541. The molecule has 0 aliphatic rings. The van der Waals surface area contributed by atoms with Gasteiger partial charge in [0.25, 0.3) is 0 Å². The third kappa shape index (κ3) is 3.97. The lowest BCUT2D eigenvalue weighted by atomic mass is 10.3. The number of hydrogen-bond donors (Lipinski definition) is 1. The highest BCUT2D eigenvalue weighted by Crippen LogP contribution is 2.15. The first kappa shape index (κ1) is 10.1. The summed E-state index contributed by atoms with van der Waals surface area (Å²) in [6.07, 6.45) is 3.74. The number of ether oxygens (including phenoxy) is 1. The van der Waals surface area contributed by atoms with E-state index in [1.54, 1.807) is 12.1 Å². The molecule has 2 N–H and O–H groups in total. The third-order valence-electron chi connectivity index (χ3n) is 1.46. The van der Waals surface area contributed by atoms with E-state index in [4.69, 9.17) is 22.1 Å². The Kier molecular flexibility index (Phi) is 4.36. The highest BCUT2D eigenvalue weighted by molar-refractivity contribution is 6.30. The summed E-state index contributed by atoms with van der Waals surface area (Å²) in [5.74, 6) is 0.811. The Labute approximate surface area is 83.0 Å². The summed E-state index contributed by atoms with van der Waals surface area (Å²) in [5.41, 5.74) is 5.27. The van der Waals surface area contributed by atoms with E-state index in [1.165, 1.54) is 0 Å². The highest BCUT2D eigenvalue weighted by Gasteiger charge is 1.90. The van der Waals surface area contributed by atoms with Gasteiger partial charge in [0, 0.05) is 11.6 Å². The zero-order valence-electron chi connectivity index (χ0n) is 7.24. The van der Waals surface area contributed by atoms with E-state index >= 15 is 0 Å². The maximum atomic E-state index is 5.71. The second-order valence-corrected chi connectivity index (χ2v) is 2.91. The summed E-state index contributed by atoms with van der Waals surface area (Å²) < 4.78 is 5.36. The number of nitrogens with two attached hydrogens (primary N) is 1. The van der Waals surface area contributed by atoms with Crippen LogP contribution in [0.3, 0.4) is 0 Å². The molecule has 1 aromatic carbocycles. The maximum Gasteiger partial charge on any atom is 0.119 e. The van der Waals surface area contributed by atoms with Gasteiger partial charge >= 0.3 is 0 Å². The Bertz CT molecular complexity index is 269. The Morgan fingerprint density at radius 2 is 1.92 bits per heavy atom. The molecule has 0 aliphatic carbocycles. The van der Waals surface area contributed by atoms with Crippen molar-refractivity contribution in [3.8, 4) is 5.75 Å². The van der Waals surface area contributed by atoms with Gasteiger partial charge in [0.15, 0.2) is 0 Å². The lowest BCUT2D eigenvalue weighted by molar-refractivity contribution is 0.362. The van der Waals surface area contributed by atoms with Gasteiger partial charge in [-0.05, 0) is 24.3 Å². The lowest BCUT2D eigenvalue weighted by Gasteiger charge is -2.01. The summed E-state index contributed by atoms with van der Waals surface area (Å²) in [6, 6.07) is 7.25. The van der Waals surface area contributed by atoms with Crippen LogP contribution in [0.5, 0.6) is 5.75 Å². The molecule has 0 aliphatic heterocycles. The predicted molar refractivity (Wildman–Crippen MR) is 55.1 cm³/mol. The van der Waals surface area contributed by atoms with Crippen molar-refractivity contribution in [2.24, 2.45) is 5.73 Å². The average molecular weight is 198 g/mol. The van der Waals surface area contributed by atoms with Crippen LogP contribution >= 0.6 is 11.6 Å². The van der Waals surface area contributed by atoms with E-state index in [0.29, 0.717) is 18.2 Å². The number of halogens is 1. The Morgan fingerprint density at radius 3 is 2.54 bits per heavy atom. The monoisotopic (exact) mass is 197 g/mol. The molecule has 0 fully saturated rings. The van der Waals surface area contributed by atoms with Crippen molar-refractivity contribution in [1.29, 1.82) is 0 Å². The van der Waals surface area contributed by atoms with Gasteiger partial charge in [0.2, 0.25) is 0 Å². The molecule has 0 saturated heterocycles. The van der Waals surface area contributed by atoms with Crippen molar-refractivity contribution in [2.75, 3.05) is 13.2 Å². The topological polar surface area (TPSA) is 35.2 Å². The van der Waals surface area contributed by atoms with Crippen molar-refractivity contribution in [3.63, 3.8) is 0 Å². The molecular weight excluding hydrogens is 186 g/mol. The molecule has 0 amide bonds. The number of rotatable bonds is 4. The average Bonchev–Trinajstić information content (AvgIpc) is 2.15. The summed E-state index contributed by atoms with van der Waals surface area (Å²) >= 11 is 5.71. The van der Waals surface area contributed by atoms with Crippen molar-refractivity contribution < 1.29 is 4.74 Å². The van der Waals surface area contributed by atoms with Crippen LogP contribution in [-0.2, 0) is 0 Å². The Morgan fingerprint density at radius 1 is 1.23 bits per heavy atom. The third-order valence-corrected chi connectivity index (χ3v) is 1.71. The fraction of sp³-hybridized carbons (Fsp3) is 0.200. The summed E-state index contributed by atoms with van der Waals surface area (Å²) in [5, 5.41) is 0.713. The Balaban J connectivity index is 2.37. The minimum Gasteiger partial charge on any atom is -0.490 e. The van der Waals surface area contributed by atoms with Crippen LogP contribution in [0.15, 0.2) is 36.4 Å². The molecule has 13 heavy (non-hydrogen) atoms. The number of hydrogen-bond acceptors (Lipinski definition) is 2. The molecular formula is C10H12ClNO. The molecule has 0 bridgehead atoms. The largest absolute Gasteiger partial charge is 0.490 e. The zero-order chi connectivity index (χ0) is 9.52. The molecule has 0 heterocycles. The van der Waals surface area contributed by atoms with Gasteiger partial charge in [-0.25, -0.2) is 0 Å². The van der Waals surface area contributed by atoms with Gasteiger partial charge < -0.3 is 10.5 Å². The van der Waals surface area contributed by atoms with Crippen LogP contribution in [0.1, 0.15) is 0 Å². The van der Waals surface area contributed by atoms with Crippen molar-refractivity contribution in [3.05, 3.63) is 41.4 Å². The van der Waals surface area contributed by atoms with E-state index in [-0.39, 0.29) is 0 Å². The SMILES string of the molecule is NC/C=C/COc1ccc(Cl)cc1. The first-order valence-electron chi connectivity index (χ1n) is 4.06. The van der Waals surface area contributed by atoms with Crippen LogP contribution < -0.4 is 10.5 Å². The van der Waals surface area contributed by atoms with Gasteiger partial charge in [-0.3, -0.25) is 0 Å². The molecule has 0 radical (unpaired) electrons. The maximum absolute atomic E-state index is 5.71. The molecule has 0 unspecified atom stereocenters. The number of benzene rings is 1. The minimum atomic E-state index is 0.541. The first-order valence-corrected chi connectivity index (χ1v) is 4.44. The second kappa shape index (κ2) is 5.62. The van der Waals surface area contributed by atoms with E-state index in [9.17, 15) is 0 Å². The first-order chi connectivity index (χ1) is 6.33.